The van der Waals surface area contributed by atoms with Crippen molar-refractivity contribution in [2.24, 2.45) is 0 Å². The molecular weight excluding hydrogens is 279 g/mol. The molecule has 0 bridgehead atoms. The standard InChI is InChI=1S/C8H9Cl3N2OS/c1-15(14)3-2-12-8-6(10)4-5(9)7(11)13-8/h4H,2-3H2,1H3,(H,12,13). The maximum absolute atomic E-state index is 10.8. The van der Waals surface area contributed by atoms with Gasteiger partial charge in [0.05, 0.1) is 10.0 Å². The zero-order chi connectivity index (χ0) is 11.4. The number of hydrogen-bond donors (Lipinski definition) is 1. The third-order valence-corrected chi connectivity index (χ3v) is 3.31. The van der Waals surface area contributed by atoms with Gasteiger partial charge < -0.3 is 5.32 Å². The van der Waals surface area contributed by atoms with Gasteiger partial charge >= 0.3 is 0 Å². The van der Waals surface area contributed by atoms with Crippen LogP contribution in [0.1, 0.15) is 0 Å². The van der Waals surface area contributed by atoms with Gasteiger partial charge in [0.15, 0.2) is 0 Å². The van der Waals surface area contributed by atoms with Gasteiger partial charge in [-0.15, -0.1) is 0 Å². The molecule has 0 aliphatic carbocycles. The molecule has 0 aromatic carbocycles. The van der Waals surface area contributed by atoms with Crippen LogP contribution in [0.3, 0.4) is 0 Å². The summed E-state index contributed by atoms with van der Waals surface area (Å²) in [5.74, 6) is 0.981. The zero-order valence-electron chi connectivity index (χ0n) is 7.89. The molecule has 0 aliphatic heterocycles. The minimum Gasteiger partial charge on any atom is -0.368 e. The topological polar surface area (TPSA) is 42.0 Å². The number of nitrogens with one attached hydrogen (secondary N) is 1. The second-order valence-electron chi connectivity index (χ2n) is 2.80. The number of nitrogens with zero attached hydrogens (tertiary/aromatic N) is 1. The number of hydrogen-bond acceptors (Lipinski definition) is 3. The third kappa shape index (κ3) is 4.15. The second-order valence-corrected chi connectivity index (χ2v) is 5.52. The molecule has 0 amide bonds. The first-order chi connectivity index (χ1) is 7.00. The summed E-state index contributed by atoms with van der Waals surface area (Å²) in [6.07, 6.45) is 1.63. The highest BCUT2D eigenvalue weighted by Gasteiger charge is 2.07. The molecule has 7 heteroatoms. The molecule has 0 saturated carbocycles. The van der Waals surface area contributed by atoms with Gasteiger partial charge in [-0.25, -0.2) is 4.98 Å². The third-order valence-electron chi connectivity index (χ3n) is 1.57. The van der Waals surface area contributed by atoms with Gasteiger partial charge in [-0.05, 0) is 6.07 Å². The summed E-state index contributed by atoms with van der Waals surface area (Å²) in [6.45, 7) is 0.522. The number of aromatic nitrogens is 1. The Balaban J connectivity index is 2.69. The Morgan fingerprint density at radius 2 is 2.07 bits per heavy atom. The fourth-order valence-corrected chi connectivity index (χ4v) is 1.84. The van der Waals surface area contributed by atoms with Crippen molar-refractivity contribution < 1.29 is 4.21 Å². The van der Waals surface area contributed by atoms with Gasteiger partial charge in [-0.2, -0.15) is 0 Å². The molecule has 1 aromatic rings. The predicted octanol–water partition coefficient (Wildman–Crippen LogP) is 2.83. The van der Waals surface area contributed by atoms with Crippen molar-refractivity contribution >= 4 is 51.4 Å². The summed E-state index contributed by atoms with van der Waals surface area (Å²) in [7, 11) is -0.848. The van der Waals surface area contributed by atoms with E-state index >= 15 is 0 Å². The van der Waals surface area contributed by atoms with Gasteiger partial charge in [0.1, 0.15) is 11.0 Å². The van der Waals surface area contributed by atoms with E-state index in [-0.39, 0.29) is 5.15 Å². The van der Waals surface area contributed by atoms with E-state index in [0.29, 0.717) is 28.2 Å². The van der Waals surface area contributed by atoms with E-state index in [1.165, 1.54) is 6.07 Å². The minimum absolute atomic E-state index is 0.196. The fourth-order valence-electron chi connectivity index (χ4n) is 0.881. The van der Waals surface area contributed by atoms with E-state index in [4.69, 9.17) is 34.8 Å². The Kier molecular flexibility index (Phi) is 5.12. The summed E-state index contributed by atoms with van der Waals surface area (Å²) in [5.41, 5.74) is 0. The van der Waals surface area contributed by atoms with Crippen molar-refractivity contribution in [3.8, 4) is 0 Å². The van der Waals surface area contributed by atoms with Crippen LogP contribution in [-0.4, -0.2) is 27.7 Å². The maximum atomic E-state index is 10.8. The average Bonchev–Trinajstić information content (AvgIpc) is 2.13. The van der Waals surface area contributed by atoms with Gasteiger partial charge in [0.2, 0.25) is 0 Å². The lowest BCUT2D eigenvalue weighted by atomic mass is 10.4. The summed E-state index contributed by atoms with van der Waals surface area (Å²) in [5, 5.41) is 3.83. The van der Waals surface area contributed by atoms with E-state index in [1.54, 1.807) is 6.26 Å². The second kappa shape index (κ2) is 5.89. The molecule has 84 valence electrons. The van der Waals surface area contributed by atoms with E-state index in [0.717, 1.165) is 0 Å². The van der Waals surface area contributed by atoms with Crippen molar-refractivity contribution in [2.75, 3.05) is 23.9 Å². The molecule has 0 radical (unpaired) electrons. The summed E-state index contributed by atoms with van der Waals surface area (Å²) in [4.78, 5) is 3.96. The molecule has 15 heavy (non-hydrogen) atoms. The van der Waals surface area contributed by atoms with Gasteiger partial charge in [-0.3, -0.25) is 4.21 Å². The van der Waals surface area contributed by atoms with Crippen LogP contribution in [-0.2, 0) is 10.8 Å². The van der Waals surface area contributed by atoms with E-state index in [9.17, 15) is 4.21 Å². The van der Waals surface area contributed by atoms with E-state index < -0.39 is 10.8 Å². The monoisotopic (exact) mass is 286 g/mol. The average molecular weight is 288 g/mol. The Hall–Kier alpha value is -0.0300. The maximum Gasteiger partial charge on any atom is 0.150 e. The minimum atomic E-state index is -0.848. The molecule has 1 atom stereocenters. The SMILES string of the molecule is CS(=O)CCNc1nc(Cl)c(Cl)cc1Cl. The van der Waals surface area contributed by atoms with Crippen LogP contribution in [0.5, 0.6) is 0 Å². The highest BCUT2D eigenvalue weighted by Crippen LogP contribution is 2.28. The largest absolute Gasteiger partial charge is 0.368 e. The highest BCUT2D eigenvalue weighted by atomic mass is 35.5. The van der Waals surface area contributed by atoms with Crippen LogP contribution < -0.4 is 5.32 Å². The first-order valence-corrected chi connectivity index (χ1v) is 6.92. The fraction of sp³-hybridized carbons (Fsp3) is 0.375. The Bertz CT molecular complexity index is 386. The van der Waals surface area contributed by atoms with Crippen molar-refractivity contribution in [3.63, 3.8) is 0 Å². The number of rotatable bonds is 4. The van der Waals surface area contributed by atoms with Crippen molar-refractivity contribution in [2.45, 2.75) is 0 Å². The molecule has 1 heterocycles. The van der Waals surface area contributed by atoms with Gasteiger partial charge in [-0.1, -0.05) is 34.8 Å². The normalized spacial score (nSPS) is 12.5. The Morgan fingerprint density at radius 3 is 2.67 bits per heavy atom. The highest BCUT2D eigenvalue weighted by molar-refractivity contribution is 7.84. The molecular formula is C8H9Cl3N2OS. The molecule has 0 spiro atoms. The molecule has 1 N–H and O–H groups in total. The molecule has 1 aromatic heterocycles. The van der Waals surface area contributed by atoms with Crippen molar-refractivity contribution in [1.82, 2.24) is 4.98 Å². The lowest BCUT2D eigenvalue weighted by Gasteiger charge is -2.07. The number of anilines is 1. The van der Waals surface area contributed by atoms with E-state index in [2.05, 4.69) is 10.3 Å². The molecule has 0 fully saturated rings. The smallest absolute Gasteiger partial charge is 0.150 e. The van der Waals surface area contributed by atoms with Gasteiger partial charge in [0, 0.05) is 29.4 Å². The molecule has 1 rings (SSSR count). The van der Waals surface area contributed by atoms with Crippen LogP contribution in [0.4, 0.5) is 5.82 Å². The van der Waals surface area contributed by atoms with Crippen LogP contribution in [0, 0.1) is 0 Å². The summed E-state index contributed by atoms with van der Waals surface area (Å²) in [6, 6.07) is 1.52. The van der Waals surface area contributed by atoms with Crippen LogP contribution in [0.15, 0.2) is 6.07 Å². The first kappa shape index (κ1) is 13.0. The number of pyridine rings is 1. The number of halogens is 3. The van der Waals surface area contributed by atoms with Gasteiger partial charge in [0.25, 0.3) is 0 Å². The summed E-state index contributed by atoms with van der Waals surface area (Å²) >= 11 is 17.3. The van der Waals surface area contributed by atoms with Crippen molar-refractivity contribution in [1.29, 1.82) is 0 Å². The Morgan fingerprint density at radius 1 is 1.40 bits per heavy atom. The molecule has 0 saturated heterocycles. The lowest BCUT2D eigenvalue weighted by molar-refractivity contribution is 0.687. The quantitative estimate of drug-likeness (QED) is 0.866. The summed E-state index contributed by atoms with van der Waals surface area (Å²) < 4.78 is 10.8. The molecule has 3 nitrogen and oxygen atoms in total. The lowest BCUT2D eigenvalue weighted by Crippen LogP contribution is -2.11. The predicted molar refractivity (Wildman–Crippen MR) is 66.7 cm³/mol. The zero-order valence-corrected chi connectivity index (χ0v) is 11.0. The van der Waals surface area contributed by atoms with Crippen LogP contribution in [0.25, 0.3) is 0 Å². The van der Waals surface area contributed by atoms with Crippen molar-refractivity contribution in [3.05, 3.63) is 21.3 Å². The Labute approximate surface area is 106 Å². The molecule has 1 unspecified atom stereocenters. The van der Waals surface area contributed by atoms with Crippen LogP contribution >= 0.6 is 34.8 Å². The molecule has 0 aliphatic rings. The first-order valence-electron chi connectivity index (χ1n) is 4.06. The van der Waals surface area contributed by atoms with Crippen LogP contribution in [0.2, 0.25) is 15.2 Å². The van der Waals surface area contributed by atoms with E-state index in [1.807, 2.05) is 0 Å².